The van der Waals surface area contributed by atoms with Crippen molar-refractivity contribution >= 4 is 22.4 Å². The molecule has 0 aliphatic carbocycles. The molecule has 0 fully saturated rings. The average Bonchev–Trinajstić information content (AvgIpc) is 2.82. The smallest absolute Gasteiger partial charge is 0.416 e. The molecule has 0 saturated carbocycles. The van der Waals surface area contributed by atoms with Crippen molar-refractivity contribution in [2.45, 2.75) is 46.0 Å². The number of hydrogen-bond acceptors (Lipinski definition) is 6. The number of nitrogens with two attached hydrogens (primary N) is 1. The summed E-state index contributed by atoms with van der Waals surface area (Å²) in [5.74, 6) is 1.49. The van der Waals surface area contributed by atoms with Crippen LogP contribution < -0.4 is 21.3 Å². The van der Waals surface area contributed by atoms with Crippen LogP contribution >= 0.6 is 0 Å². The minimum atomic E-state index is -4.51. The quantitative estimate of drug-likeness (QED) is 0.303. The van der Waals surface area contributed by atoms with Gasteiger partial charge in [-0.3, -0.25) is 4.79 Å². The second-order valence-electron chi connectivity index (χ2n) is 9.20. The highest BCUT2D eigenvalue weighted by Crippen LogP contribution is 2.37. The summed E-state index contributed by atoms with van der Waals surface area (Å²) < 4.78 is 47.3. The van der Waals surface area contributed by atoms with Crippen LogP contribution in [-0.2, 0) is 6.18 Å². The zero-order valence-electron chi connectivity index (χ0n) is 21.1. The second kappa shape index (κ2) is 9.76. The minimum absolute atomic E-state index is 0.0227. The summed E-state index contributed by atoms with van der Waals surface area (Å²) in [6, 6.07) is 9.77. The Labute approximate surface area is 212 Å². The number of nitrogens with zero attached hydrogens (tertiary/aromatic N) is 3. The van der Waals surface area contributed by atoms with Crippen molar-refractivity contribution in [1.29, 1.82) is 0 Å². The number of halogens is 3. The number of rotatable bonds is 6. The lowest BCUT2D eigenvalue weighted by Crippen LogP contribution is -2.20. The van der Waals surface area contributed by atoms with Gasteiger partial charge in [0.2, 0.25) is 0 Å². The molecule has 10 heteroatoms. The molecule has 4 rings (SSSR count). The van der Waals surface area contributed by atoms with Gasteiger partial charge in [-0.1, -0.05) is 0 Å². The fraction of sp³-hybridized carbons (Fsp3) is 0.296. The number of pyridine rings is 1. The van der Waals surface area contributed by atoms with Crippen LogP contribution in [0.5, 0.6) is 5.75 Å². The molecule has 1 atom stereocenters. The van der Waals surface area contributed by atoms with E-state index in [1.54, 1.807) is 43.9 Å². The van der Waals surface area contributed by atoms with Gasteiger partial charge in [0.05, 0.1) is 24.2 Å². The Hall–Kier alpha value is -4.08. The van der Waals surface area contributed by atoms with Gasteiger partial charge in [0.1, 0.15) is 17.4 Å². The molecule has 0 spiro atoms. The Morgan fingerprint density at radius 2 is 1.78 bits per heavy atom. The number of nitrogen functional groups attached to an aromatic ring is 1. The van der Waals surface area contributed by atoms with Gasteiger partial charge in [0, 0.05) is 46.6 Å². The van der Waals surface area contributed by atoms with E-state index in [9.17, 15) is 18.0 Å². The van der Waals surface area contributed by atoms with Gasteiger partial charge >= 0.3 is 6.18 Å². The maximum absolute atomic E-state index is 13.3. The normalized spacial score (nSPS) is 12.7. The van der Waals surface area contributed by atoms with Crippen molar-refractivity contribution in [3.63, 3.8) is 0 Å². The lowest BCUT2D eigenvalue weighted by Gasteiger charge is -2.20. The molecule has 194 valence electrons. The number of fused-ring (bicyclic) bond motifs is 1. The molecule has 0 aliphatic rings. The van der Waals surface area contributed by atoms with Crippen molar-refractivity contribution in [3.05, 3.63) is 76.0 Å². The lowest BCUT2D eigenvalue weighted by molar-refractivity contribution is -0.137. The lowest BCUT2D eigenvalue weighted by atomic mass is 10.0. The van der Waals surface area contributed by atoms with Crippen LogP contribution in [0.2, 0.25) is 0 Å². The van der Waals surface area contributed by atoms with E-state index in [0.29, 0.717) is 33.9 Å². The summed E-state index contributed by atoms with van der Waals surface area (Å²) in [5, 5.41) is 3.88. The maximum Gasteiger partial charge on any atom is 0.416 e. The molecule has 4 aromatic rings. The zero-order chi connectivity index (χ0) is 27.1. The van der Waals surface area contributed by atoms with Gasteiger partial charge in [-0.2, -0.15) is 13.2 Å². The van der Waals surface area contributed by atoms with Gasteiger partial charge in [0.25, 0.3) is 5.56 Å². The maximum atomic E-state index is 13.3. The summed E-state index contributed by atoms with van der Waals surface area (Å²) in [6.07, 6.45) is -2.74. The number of benzene rings is 2. The predicted molar refractivity (Wildman–Crippen MR) is 139 cm³/mol. The molecule has 0 aliphatic heterocycles. The van der Waals surface area contributed by atoms with Crippen molar-refractivity contribution in [2.75, 3.05) is 18.2 Å². The van der Waals surface area contributed by atoms with Crippen molar-refractivity contribution in [3.8, 4) is 16.9 Å². The van der Waals surface area contributed by atoms with Gasteiger partial charge in [-0.25, -0.2) is 9.97 Å². The SMILES string of the molecule is COc1cc2nc(C)nc(N[C@H](C)c3cc(N)cc(C(F)(F)F)c3)c2cc1-c1ccc(=O)n(C(C)C)c1. The first-order valence-corrected chi connectivity index (χ1v) is 11.7. The second-order valence-corrected chi connectivity index (χ2v) is 9.20. The molecule has 0 saturated heterocycles. The molecular weight excluding hydrogens is 483 g/mol. The van der Waals surface area contributed by atoms with E-state index in [1.165, 1.54) is 12.1 Å². The number of anilines is 2. The number of methoxy groups -OCH3 is 1. The van der Waals surface area contributed by atoms with Crippen LogP contribution in [-0.4, -0.2) is 21.6 Å². The van der Waals surface area contributed by atoms with E-state index in [-0.39, 0.29) is 17.3 Å². The highest BCUT2D eigenvalue weighted by atomic mass is 19.4. The third-order valence-corrected chi connectivity index (χ3v) is 6.09. The number of nitrogens with one attached hydrogen (secondary N) is 1. The number of alkyl halides is 3. The first kappa shape index (κ1) is 26.0. The number of hydrogen-bond donors (Lipinski definition) is 2. The van der Waals surface area contributed by atoms with E-state index in [0.717, 1.165) is 23.3 Å². The number of ether oxygens (including phenoxy) is 1. The van der Waals surface area contributed by atoms with Gasteiger partial charge in [0.15, 0.2) is 0 Å². The molecule has 37 heavy (non-hydrogen) atoms. The van der Waals surface area contributed by atoms with E-state index in [4.69, 9.17) is 10.5 Å². The molecule has 2 heterocycles. The average molecular weight is 512 g/mol. The molecule has 0 radical (unpaired) electrons. The summed E-state index contributed by atoms with van der Waals surface area (Å²) in [5.41, 5.74) is 7.31. The standard InChI is InChI=1S/C27H28F3N5O2/c1-14(2)35-13-17(6-7-25(35)36)21-11-22-23(12-24(21)37-5)33-16(4)34-26(22)32-15(3)18-8-19(27(28,29)30)10-20(31)9-18/h6-15H,31H2,1-5H3,(H,32,33,34)/t15-/m1/s1. The monoisotopic (exact) mass is 511 g/mol. The van der Waals surface area contributed by atoms with Gasteiger partial charge in [-0.05, 0) is 63.6 Å². The topological polar surface area (TPSA) is 95.1 Å². The summed E-state index contributed by atoms with van der Waals surface area (Å²) in [6.45, 7) is 7.31. The first-order valence-electron chi connectivity index (χ1n) is 11.7. The van der Waals surface area contributed by atoms with E-state index in [1.807, 2.05) is 19.9 Å². The minimum Gasteiger partial charge on any atom is -0.496 e. The van der Waals surface area contributed by atoms with Crippen molar-refractivity contribution in [1.82, 2.24) is 14.5 Å². The van der Waals surface area contributed by atoms with Gasteiger partial charge < -0.3 is 20.4 Å². The molecular formula is C27H28F3N5O2. The Kier molecular flexibility index (Phi) is 6.86. The summed E-state index contributed by atoms with van der Waals surface area (Å²) >= 11 is 0. The number of aromatic nitrogens is 3. The Bertz CT molecular complexity index is 1530. The largest absolute Gasteiger partial charge is 0.496 e. The third kappa shape index (κ3) is 5.37. The van der Waals surface area contributed by atoms with Crippen LogP contribution in [0.4, 0.5) is 24.7 Å². The Morgan fingerprint density at radius 1 is 1.05 bits per heavy atom. The number of aryl methyl sites for hydroxylation is 1. The van der Waals surface area contributed by atoms with E-state index >= 15 is 0 Å². The summed E-state index contributed by atoms with van der Waals surface area (Å²) in [7, 11) is 1.55. The predicted octanol–water partition coefficient (Wildman–Crippen LogP) is 6.13. The van der Waals surface area contributed by atoms with Crippen LogP contribution in [0.15, 0.2) is 53.5 Å². The highest BCUT2D eigenvalue weighted by molar-refractivity contribution is 5.95. The van der Waals surface area contributed by atoms with Crippen LogP contribution in [0.3, 0.4) is 0 Å². The van der Waals surface area contributed by atoms with Crippen molar-refractivity contribution < 1.29 is 17.9 Å². The fourth-order valence-electron chi connectivity index (χ4n) is 4.22. The van der Waals surface area contributed by atoms with Crippen LogP contribution in [0.1, 0.15) is 49.8 Å². The molecule has 3 N–H and O–H groups in total. The summed E-state index contributed by atoms with van der Waals surface area (Å²) in [4.78, 5) is 21.4. The van der Waals surface area contributed by atoms with Crippen molar-refractivity contribution in [2.24, 2.45) is 0 Å². The zero-order valence-corrected chi connectivity index (χ0v) is 21.1. The van der Waals surface area contributed by atoms with Gasteiger partial charge in [-0.15, -0.1) is 0 Å². The third-order valence-electron chi connectivity index (χ3n) is 6.09. The van der Waals surface area contributed by atoms with E-state index in [2.05, 4.69) is 15.3 Å². The molecule has 0 unspecified atom stereocenters. The first-order chi connectivity index (χ1) is 17.4. The molecule has 0 bridgehead atoms. The molecule has 7 nitrogen and oxygen atoms in total. The molecule has 0 amide bonds. The van der Waals surface area contributed by atoms with E-state index < -0.39 is 17.8 Å². The molecule has 2 aromatic carbocycles. The van der Waals surface area contributed by atoms with Crippen LogP contribution in [0, 0.1) is 6.92 Å². The molecule has 2 aromatic heterocycles. The fourth-order valence-corrected chi connectivity index (χ4v) is 4.22. The Morgan fingerprint density at radius 3 is 2.43 bits per heavy atom. The van der Waals surface area contributed by atoms with Crippen LogP contribution in [0.25, 0.3) is 22.0 Å². The Balaban J connectivity index is 1.84. The highest BCUT2D eigenvalue weighted by Gasteiger charge is 2.31.